The molecule has 0 fully saturated rings. The molecule has 0 aliphatic rings. The Bertz CT molecular complexity index is 1230. The molecule has 4 aromatic rings. The smallest absolute Gasteiger partial charge is 0.242 e. The molecular weight excluding hydrogens is 376 g/mol. The summed E-state index contributed by atoms with van der Waals surface area (Å²) in [5.41, 5.74) is 2.35. The second kappa shape index (κ2) is 7.12. The van der Waals surface area contributed by atoms with Gasteiger partial charge in [0.2, 0.25) is 5.88 Å². The Hall–Kier alpha value is -4.14. The molecule has 0 bridgehead atoms. The molecule has 0 unspecified atom stereocenters. The largest absolute Gasteiger partial charge is 0.504 e. The minimum Gasteiger partial charge on any atom is -0.504 e. The highest BCUT2D eigenvalue weighted by Crippen LogP contribution is 2.38. The van der Waals surface area contributed by atoms with E-state index in [4.69, 9.17) is 9.47 Å². The molecule has 4 rings (SSSR count). The molecule has 3 N–H and O–H groups in total. The molecule has 9 heteroatoms. The number of benzene rings is 2. The molecule has 2 heterocycles. The minimum atomic E-state index is -0.302. The van der Waals surface area contributed by atoms with Gasteiger partial charge in [-0.1, -0.05) is 0 Å². The lowest BCUT2D eigenvalue weighted by atomic mass is 10.0. The highest BCUT2D eigenvalue weighted by molar-refractivity contribution is 5.87. The monoisotopic (exact) mass is 392 g/mol. The summed E-state index contributed by atoms with van der Waals surface area (Å²) in [7, 11) is 2.89. The lowest BCUT2D eigenvalue weighted by Crippen LogP contribution is -1.99. The van der Waals surface area contributed by atoms with Crippen LogP contribution >= 0.6 is 0 Å². The zero-order valence-electron chi connectivity index (χ0n) is 15.5. The normalized spacial score (nSPS) is 10.8. The van der Waals surface area contributed by atoms with Crippen LogP contribution in [0.2, 0.25) is 0 Å². The summed E-state index contributed by atoms with van der Waals surface area (Å²) in [6.07, 6.45) is 1.19. The molecule has 0 saturated carbocycles. The third-order valence-electron chi connectivity index (χ3n) is 4.36. The van der Waals surface area contributed by atoms with Gasteiger partial charge in [-0.05, 0) is 36.4 Å². The molecule has 2 aromatic carbocycles. The Balaban J connectivity index is 2.04. The first-order valence-corrected chi connectivity index (χ1v) is 8.48. The van der Waals surface area contributed by atoms with Crippen LogP contribution in [-0.2, 0) is 0 Å². The molecule has 2 aromatic heterocycles. The van der Waals surface area contributed by atoms with Crippen molar-refractivity contribution in [2.75, 3.05) is 14.2 Å². The molecular formula is C20H16N4O5. The van der Waals surface area contributed by atoms with E-state index >= 15 is 0 Å². The number of methoxy groups -OCH3 is 2. The number of aromatic hydroxyl groups is 3. The van der Waals surface area contributed by atoms with Gasteiger partial charge in [0.25, 0.3) is 0 Å². The van der Waals surface area contributed by atoms with Crippen molar-refractivity contribution in [1.82, 2.24) is 19.9 Å². The summed E-state index contributed by atoms with van der Waals surface area (Å²) < 4.78 is 10.4. The van der Waals surface area contributed by atoms with Gasteiger partial charge in [0.15, 0.2) is 34.2 Å². The van der Waals surface area contributed by atoms with Gasteiger partial charge in [0.1, 0.15) is 6.33 Å². The first-order chi connectivity index (χ1) is 14.0. The quantitative estimate of drug-likeness (QED) is 0.480. The summed E-state index contributed by atoms with van der Waals surface area (Å²) in [6, 6.07) is 9.49. The number of phenolic OH excluding ortho intramolecular Hbond substituents is 2. The van der Waals surface area contributed by atoms with E-state index in [0.29, 0.717) is 22.5 Å². The topological polar surface area (TPSA) is 131 Å². The third-order valence-corrected chi connectivity index (χ3v) is 4.36. The average molecular weight is 392 g/mol. The number of fused-ring (bicyclic) bond motifs is 1. The number of hydrogen-bond donors (Lipinski definition) is 3. The Labute approximate surface area is 164 Å². The Morgan fingerprint density at radius 2 is 1.28 bits per heavy atom. The first-order valence-electron chi connectivity index (χ1n) is 8.48. The maximum Gasteiger partial charge on any atom is 0.242 e. The van der Waals surface area contributed by atoms with E-state index in [0.717, 1.165) is 0 Å². The van der Waals surface area contributed by atoms with Gasteiger partial charge in [-0.2, -0.15) is 4.98 Å². The standard InChI is InChI=1S/C20H16N4O5/c1-28-14-7-10(3-5-12(14)25)16-17(11-4-6-13(26)15(8-11)29-2)24-19-18(23-16)20(27)22-9-21-19/h3-9,25-26H,1-2H3,(H,21,22,24,27). The van der Waals surface area contributed by atoms with E-state index in [1.807, 2.05) is 0 Å². The van der Waals surface area contributed by atoms with Gasteiger partial charge in [0, 0.05) is 11.1 Å². The molecule has 9 nitrogen and oxygen atoms in total. The van der Waals surface area contributed by atoms with Crippen LogP contribution in [0.4, 0.5) is 0 Å². The van der Waals surface area contributed by atoms with Crippen molar-refractivity contribution >= 4 is 11.2 Å². The predicted octanol–water partition coefficient (Wildman–Crippen LogP) is 2.89. The number of nitrogens with zero attached hydrogens (tertiary/aromatic N) is 4. The van der Waals surface area contributed by atoms with Gasteiger partial charge in [-0.3, -0.25) is 0 Å². The Morgan fingerprint density at radius 3 is 1.83 bits per heavy atom. The molecule has 0 spiro atoms. The van der Waals surface area contributed by atoms with E-state index in [-0.39, 0.29) is 40.0 Å². The van der Waals surface area contributed by atoms with Crippen LogP contribution in [0, 0.1) is 0 Å². The first kappa shape index (κ1) is 18.2. The van der Waals surface area contributed by atoms with Crippen LogP contribution < -0.4 is 9.47 Å². The van der Waals surface area contributed by atoms with Crippen molar-refractivity contribution in [3.05, 3.63) is 42.7 Å². The van der Waals surface area contributed by atoms with E-state index in [2.05, 4.69) is 19.9 Å². The van der Waals surface area contributed by atoms with Crippen molar-refractivity contribution < 1.29 is 24.8 Å². The number of ether oxygens (including phenoxy) is 2. The van der Waals surface area contributed by atoms with E-state index in [9.17, 15) is 15.3 Å². The SMILES string of the molecule is COc1cc(-c2nc3ncnc(O)c3nc2-c2ccc(O)c(OC)c2)ccc1O. The summed E-state index contributed by atoms with van der Waals surface area (Å²) in [4.78, 5) is 16.9. The van der Waals surface area contributed by atoms with Crippen LogP contribution in [0.15, 0.2) is 42.7 Å². The summed E-state index contributed by atoms with van der Waals surface area (Å²) in [6.45, 7) is 0. The number of rotatable bonds is 4. The number of phenols is 2. The van der Waals surface area contributed by atoms with Crippen LogP contribution in [0.1, 0.15) is 0 Å². The molecule has 0 atom stereocenters. The van der Waals surface area contributed by atoms with Gasteiger partial charge in [-0.25, -0.2) is 15.0 Å². The molecule has 0 aliphatic heterocycles. The van der Waals surface area contributed by atoms with Crippen molar-refractivity contribution in [3.8, 4) is 51.4 Å². The zero-order chi connectivity index (χ0) is 20.5. The van der Waals surface area contributed by atoms with Crippen LogP contribution in [-0.4, -0.2) is 49.5 Å². The van der Waals surface area contributed by atoms with Crippen molar-refractivity contribution in [3.63, 3.8) is 0 Å². The number of aromatic nitrogens is 4. The average Bonchev–Trinajstić information content (AvgIpc) is 2.74. The van der Waals surface area contributed by atoms with Gasteiger partial charge >= 0.3 is 0 Å². The highest BCUT2D eigenvalue weighted by atomic mass is 16.5. The molecule has 146 valence electrons. The van der Waals surface area contributed by atoms with E-state index in [1.165, 1.54) is 32.7 Å². The summed E-state index contributed by atoms with van der Waals surface area (Å²) in [5, 5.41) is 29.9. The van der Waals surface area contributed by atoms with Crippen LogP contribution in [0.5, 0.6) is 28.9 Å². The van der Waals surface area contributed by atoms with Crippen LogP contribution in [0.25, 0.3) is 33.7 Å². The molecule has 0 radical (unpaired) electrons. The Kier molecular flexibility index (Phi) is 4.47. The summed E-state index contributed by atoms with van der Waals surface area (Å²) in [5.74, 6) is 0.183. The number of hydrogen-bond acceptors (Lipinski definition) is 9. The second-order valence-electron chi connectivity index (χ2n) is 6.06. The van der Waals surface area contributed by atoms with E-state index in [1.54, 1.807) is 24.3 Å². The second-order valence-corrected chi connectivity index (χ2v) is 6.06. The van der Waals surface area contributed by atoms with Gasteiger partial charge in [0.05, 0.1) is 25.6 Å². The highest BCUT2D eigenvalue weighted by Gasteiger charge is 2.18. The van der Waals surface area contributed by atoms with Crippen molar-refractivity contribution in [1.29, 1.82) is 0 Å². The maximum atomic E-state index is 10.1. The van der Waals surface area contributed by atoms with E-state index < -0.39 is 0 Å². The zero-order valence-corrected chi connectivity index (χ0v) is 15.5. The predicted molar refractivity (Wildman–Crippen MR) is 104 cm³/mol. The third kappa shape index (κ3) is 3.18. The Morgan fingerprint density at radius 1 is 0.724 bits per heavy atom. The molecule has 29 heavy (non-hydrogen) atoms. The van der Waals surface area contributed by atoms with Gasteiger partial charge in [-0.15, -0.1) is 0 Å². The lowest BCUT2D eigenvalue weighted by molar-refractivity contribution is 0.373. The molecule has 0 amide bonds. The molecule has 0 aliphatic carbocycles. The fourth-order valence-electron chi connectivity index (χ4n) is 2.92. The molecule has 0 saturated heterocycles. The summed E-state index contributed by atoms with van der Waals surface area (Å²) >= 11 is 0. The van der Waals surface area contributed by atoms with Crippen molar-refractivity contribution in [2.45, 2.75) is 0 Å². The lowest BCUT2D eigenvalue weighted by Gasteiger charge is -2.13. The fourth-order valence-corrected chi connectivity index (χ4v) is 2.92. The fraction of sp³-hybridized carbons (Fsp3) is 0.100. The maximum absolute atomic E-state index is 10.1. The van der Waals surface area contributed by atoms with Crippen LogP contribution in [0.3, 0.4) is 0 Å². The van der Waals surface area contributed by atoms with Gasteiger partial charge < -0.3 is 24.8 Å². The minimum absolute atomic E-state index is 0.0159. The van der Waals surface area contributed by atoms with Crippen molar-refractivity contribution in [2.24, 2.45) is 0 Å².